The molecule has 0 unspecified atom stereocenters. The average molecular weight is 328 g/mol. The predicted molar refractivity (Wildman–Crippen MR) is 81.6 cm³/mol. The number of hydrogen-bond acceptors (Lipinski definition) is 3. The normalized spacial score (nSPS) is 20.4. The van der Waals surface area contributed by atoms with Crippen molar-refractivity contribution in [2.75, 3.05) is 6.54 Å². The molecule has 1 fully saturated rings. The van der Waals surface area contributed by atoms with Crippen LogP contribution in [-0.4, -0.2) is 19.3 Å². The van der Waals surface area contributed by atoms with Gasteiger partial charge in [-0.15, -0.1) is 11.3 Å². The topological polar surface area (TPSA) is 37.4 Å². The molecule has 106 valence electrons. The highest BCUT2D eigenvalue weighted by Crippen LogP contribution is 2.39. The minimum Gasteiger partial charge on any atom is -0.207 e. The van der Waals surface area contributed by atoms with Crippen LogP contribution in [0.4, 0.5) is 0 Å². The van der Waals surface area contributed by atoms with Gasteiger partial charge in [0, 0.05) is 11.4 Å². The van der Waals surface area contributed by atoms with E-state index in [-0.39, 0.29) is 16.0 Å². The van der Waals surface area contributed by atoms with E-state index in [9.17, 15) is 8.42 Å². The van der Waals surface area contributed by atoms with E-state index in [0.29, 0.717) is 6.54 Å². The molecule has 0 spiro atoms. The van der Waals surface area contributed by atoms with Crippen molar-refractivity contribution in [2.45, 2.75) is 23.8 Å². The van der Waals surface area contributed by atoms with Gasteiger partial charge in [0.05, 0.1) is 11.1 Å². The van der Waals surface area contributed by atoms with Gasteiger partial charge in [-0.3, -0.25) is 0 Å². The summed E-state index contributed by atoms with van der Waals surface area (Å²) in [5.74, 6) is 0. The summed E-state index contributed by atoms with van der Waals surface area (Å²) in [6.45, 7) is 0.552. The molecule has 0 amide bonds. The van der Waals surface area contributed by atoms with Crippen LogP contribution < -0.4 is 0 Å². The van der Waals surface area contributed by atoms with Gasteiger partial charge in [-0.1, -0.05) is 29.8 Å². The summed E-state index contributed by atoms with van der Waals surface area (Å²) >= 11 is 7.66. The summed E-state index contributed by atoms with van der Waals surface area (Å²) in [4.78, 5) is 1.29. The van der Waals surface area contributed by atoms with Crippen LogP contribution in [0, 0.1) is 0 Å². The third-order valence-electron chi connectivity index (χ3n) is 3.50. The lowest BCUT2D eigenvalue weighted by Crippen LogP contribution is -2.30. The van der Waals surface area contributed by atoms with Crippen LogP contribution in [0.3, 0.4) is 0 Å². The van der Waals surface area contributed by atoms with E-state index in [4.69, 9.17) is 11.6 Å². The summed E-state index contributed by atoms with van der Waals surface area (Å²) in [5.41, 5.74) is 0. The van der Waals surface area contributed by atoms with Crippen molar-refractivity contribution in [1.82, 2.24) is 4.31 Å². The van der Waals surface area contributed by atoms with Crippen LogP contribution in [0.15, 0.2) is 46.7 Å². The summed E-state index contributed by atoms with van der Waals surface area (Å²) in [6.07, 6.45) is 1.75. The molecule has 0 saturated carbocycles. The van der Waals surface area contributed by atoms with Gasteiger partial charge in [0.25, 0.3) is 0 Å². The first-order valence-electron chi connectivity index (χ1n) is 6.40. The standard InChI is InChI=1S/C14H14ClNO2S2/c15-11-5-1-2-8-14(11)20(17,18)16-9-3-6-12(16)13-7-4-10-19-13/h1-2,4-5,7-8,10,12H,3,6,9H2/t12-/m1/s1. The average Bonchev–Trinajstić information content (AvgIpc) is 3.10. The Morgan fingerprint density at radius 2 is 2.00 bits per heavy atom. The number of thiophene rings is 1. The van der Waals surface area contributed by atoms with Crippen molar-refractivity contribution in [2.24, 2.45) is 0 Å². The van der Waals surface area contributed by atoms with Gasteiger partial charge in [-0.2, -0.15) is 4.31 Å². The Labute approximate surface area is 127 Å². The van der Waals surface area contributed by atoms with E-state index in [1.165, 1.54) is 0 Å². The van der Waals surface area contributed by atoms with Crippen LogP contribution in [0.2, 0.25) is 5.02 Å². The Bertz CT molecular complexity index is 698. The van der Waals surface area contributed by atoms with Gasteiger partial charge in [-0.05, 0) is 36.4 Å². The van der Waals surface area contributed by atoms with E-state index >= 15 is 0 Å². The van der Waals surface area contributed by atoms with Gasteiger partial charge in [0.1, 0.15) is 4.90 Å². The second-order valence-electron chi connectivity index (χ2n) is 4.72. The Morgan fingerprint density at radius 3 is 2.70 bits per heavy atom. The van der Waals surface area contributed by atoms with Crippen molar-refractivity contribution in [3.8, 4) is 0 Å². The molecule has 20 heavy (non-hydrogen) atoms. The first-order chi connectivity index (χ1) is 9.60. The molecular formula is C14H14ClNO2S2. The number of sulfonamides is 1. The highest BCUT2D eigenvalue weighted by molar-refractivity contribution is 7.89. The number of nitrogens with zero attached hydrogens (tertiary/aromatic N) is 1. The van der Waals surface area contributed by atoms with Crippen LogP contribution in [-0.2, 0) is 10.0 Å². The smallest absolute Gasteiger partial charge is 0.207 e. The lowest BCUT2D eigenvalue weighted by molar-refractivity contribution is 0.401. The maximum Gasteiger partial charge on any atom is 0.245 e. The molecule has 1 aliphatic heterocycles. The minimum absolute atomic E-state index is 0.0590. The van der Waals surface area contributed by atoms with E-state index < -0.39 is 10.0 Å². The van der Waals surface area contributed by atoms with Gasteiger partial charge >= 0.3 is 0 Å². The van der Waals surface area contributed by atoms with E-state index in [0.717, 1.165) is 17.7 Å². The zero-order chi connectivity index (χ0) is 14.2. The second-order valence-corrected chi connectivity index (χ2v) is 7.97. The van der Waals surface area contributed by atoms with Gasteiger partial charge in [0.15, 0.2) is 0 Å². The molecule has 1 saturated heterocycles. The molecule has 0 bridgehead atoms. The molecule has 0 N–H and O–H groups in total. The van der Waals surface area contributed by atoms with Crippen LogP contribution >= 0.6 is 22.9 Å². The van der Waals surface area contributed by atoms with Crippen LogP contribution in [0.5, 0.6) is 0 Å². The lowest BCUT2D eigenvalue weighted by Gasteiger charge is -2.23. The Kier molecular flexibility index (Phi) is 3.86. The quantitative estimate of drug-likeness (QED) is 0.856. The number of benzene rings is 1. The molecule has 6 heteroatoms. The van der Waals surface area contributed by atoms with Crippen molar-refractivity contribution >= 4 is 33.0 Å². The van der Waals surface area contributed by atoms with E-state index in [1.54, 1.807) is 39.9 Å². The third kappa shape index (κ3) is 2.39. The highest BCUT2D eigenvalue weighted by Gasteiger charge is 2.37. The summed E-state index contributed by atoms with van der Waals surface area (Å²) < 4.78 is 27.2. The van der Waals surface area contributed by atoms with Crippen LogP contribution in [0.25, 0.3) is 0 Å². The van der Waals surface area contributed by atoms with Crippen LogP contribution in [0.1, 0.15) is 23.8 Å². The number of rotatable bonds is 3. The first-order valence-corrected chi connectivity index (χ1v) is 9.10. The fraction of sp³-hybridized carbons (Fsp3) is 0.286. The van der Waals surface area contributed by atoms with E-state index in [2.05, 4.69) is 0 Å². The van der Waals surface area contributed by atoms with Crippen molar-refractivity contribution in [3.05, 3.63) is 51.7 Å². The second kappa shape index (κ2) is 5.48. The maximum absolute atomic E-state index is 12.8. The molecule has 0 radical (unpaired) electrons. The largest absolute Gasteiger partial charge is 0.245 e. The molecule has 1 atom stereocenters. The Hall–Kier alpha value is -0.880. The molecule has 1 aromatic carbocycles. The zero-order valence-corrected chi connectivity index (χ0v) is 13.1. The first kappa shape index (κ1) is 14.1. The molecule has 1 aliphatic rings. The minimum atomic E-state index is -3.54. The SMILES string of the molecule is O=S(=O)(c1ccccc1Cl)N1CCC[C@@H]1c1cccs1. The molecular weight excluding hydrogens is 314 g/mol. The molecule has 3 nitrogen and oxygen atoms in total. The molecule has 1 aromatic heterocycles. The van der Waals surface area contributed by atoms with Gasteiger partial charge in [-0.25, -0.2) is 8.42 Å². The van der Waals surface area contributed by atoms with E-state index in [1.807, 2.05) is 17.5 Å². The fourth-order valence-electron chi connectivity index (χ4n) is 2.57. The summed E-state index contributed by atoms with van der Waals surface area (Å²) in [5, 5.41) is 2.26. The number of hydrogen-bond donors (Lipinski definition) is 0. The lowest BCUT2D eigenvalue weighted by atomic mass is 10.2. The Balaban J connectivity index is 2.01. The molecule has 2 heterocycles. The van der Waals surface area contributed by atoms with Gasteiger partial charge in [0.2, 0.25) is 10.0 Å². The highest BCUT2D eigenvalue weighted by atomic mass is 35.5. The third-order valence-corrected chi connectivity index (χ3v) is 6.88. The fourth-order valence-corrected chi connectivity index (χ4v) is 5.68. The molecule has 0 aliphatic carbocycles. The van der Waals surface area contributed by atoms with Crippen molar-refractivity contribution in [1.29, 1.82) is 0 Å². The summed E-state index contributed by atoms with van der Waals surface area (Å²) in [6, 6.07) is 10.5. The summed E-state index contributed by atoms with van der Waals surface area (Å²) in [7, 11) is -3.54. The number of halogens is 1. The van der Waals surface area contributed by atoms with Gasteiger partial charge < -0.3 is 0 Å². The molecule has 2 aromatic rings. The molecule has 3 rings (SSSR count). The van der Waals surface area contributed by atoms with Crippen molar-refractivity contribution < 1.29 is 8.42 Å². The predicted octanol–water partition coefficient (Wildman–Crippen LogP) is 3.93. The Morgan fingerprint density at radius 1 is 1.20 bits per heavy atom. The zero-order valence-electron chi connectivity index (χ0n) is 10.7. The van der Waals surface area contributed by atoms with Crippen molar-refractivity contribution in [3.63, 3.8) is 0 Å². The monoisotopic (exact) mass is 327 g/mol. The maximum atomic E-state index is 12.8.